The normalized spacial score (nSPS) is 12.4. The number of hydrogen-bond acceptors (Lipinski definition) is 2. The van der Waals surface area contributed by atoms with Crippen LogP contribution in [-0.4, -0.2) is 77.1 Å². The molecule has 0 amide bonds. The first-order valence-electron chi connectivity index (χ1n) is 9.14. The average molecular weight is 805 g/mol. The van der Waals surface area contributed by atoms with Gasteiger partial charge < -0.3 is 10.2 Å². The number of phenolic OH excluding ortho intramolecular Hbond substituents is 2. The summed E-state index contributed by atoms with van der Waals surface area (Å²) in [5.74, 6) is 0.915. The zero-order chi connectivity index (χ0) is 19.5. The zero-order valence-electron chi connectivity index (χ0n) is 17.8. The van der Waals surface area contributed by atoms with Crippen LogP contribution in [0.5, 0.6) is 11.5 Å². The van der Waals surface area contributed by atoms with Gasteiger partial charge in [0.2, 0.25) is 0 Å². The molecule has 0 aliphatic rings. The van der Waals surface area contributed by atoms with Crippen molar-refractivity contribution in [2.24, 2.45) is 0 Å². The zero-order valence-corrected chi connectivity index (χ0v) is 27.5. The largest absolute Gasteiger partial charge is 0.507 e. The first-order chi connectivity index (χ1) is 12.0. The Morgan fingerprint density at radius 2 is 0.964 bits per heavy atom. The summed E-state index contributed by atoms with van der Waals surface area (Å²) in [5.41, 5.74) is 1.93. The molecule has 0 aliphatic heterocycles. The van der Waals surface area contributed by atoms with E-state index in [0.29, 0.717) is 28.7 Å². The van der Waals surface area contributed by atoms with E-state index in [0.717, 1.165) is 34.1 Å². The van der Waals surface area contributed by atoms with Crippen LogP contribution in [0.3, 0.4) is 0 Å². The Morgan fingerprint density at radius 1 is 0.643 bits per heavy atom. The quantitative estimate of drug-likeness (QED) is 0.270. The molecule has 0 bridgehead atoms. The minimum atomic E-state index is -0.0501. The van der Waals surface area contributed by atoms with Gasteiger partial charge in [-0.15, -0.1) is 0 Å². The second-order valence-electron chi connectivity index (χ2n) is 8.76. The van der Waals surface area contributed by atoms with Crippen LogP contribution >= 0.6 is 17.2 Å². The van der Waals surface area contributed by atoms with Crippen molar-refractivity contribution in [3.8, 4) is 11.5 Å². The van der Waals surface area contributed by atoms with Gasteiger partial charge in [-0.1, -0.05) is 95.1 Å². The van der Waals surface area contributed by atoms with Gasteiger partial charge in [0.25, 0.3) is 0 Å². The van der Waals surface area contributed by atoms with Crippen molar-refractivity contribution in [2.75, 3.05) is 12.3 Å². The minimum absolute atomic E-state index is 0. The minimum Gasteiger partial charge on any atom is -0.507 e. The van der Waals surface area contributed by atoms with Crippen LogP contribution in [0.25, 0.3) is 0 Å². The van der Waals surface area contributed by atoms with Gasteiger partial charge in [-0.3, -0.25) is 0 Å². The molecule has 150 valence electrons. The Hall–Kier alpha value is 0.744. The molecule has 2 nitrogen and oxygen atoms in total. The Labute approximate surface area is 214 Å². The van der Waals surface area contributed by atoms with E-state index >= 15 is 0 Å². The van der Waals surface area contributed by atoms with E-state index in [1.807, 2.05) is 36.4 Å². The summed E-state index contributed by atoms with van der Waals surface area (Å²) in [4.78, 5) is 0. The number of para-hydroxylation sites is 2. The molecule has 2 atom stereocenters. The summed E-state index contributed by atoms with van der Waals surface area (Å²) in [5, 5.41) is 23.3. The van der Waals surface area contributed by atoms with Crippen molar-refractivity contribution in [3.05, 3.63) is 47.5 Å². The molecule has 28 heavy (non-hydrogen) atoms. The molecule has 0 heterocycles. The van der Waals surface area contributed by atoms with Crippen LogP contribution in [0.1, 0.15) is 52.7 Å². The van der Waals surface area contributed by atoms with Gasteiger partial charge in [-0.2, -0.15) is 0 Å². The van der Waals surface area contributed by atoms with E-state index in [4.69, 9.17) is 0 Å². The van der Waals surface area contributed by atoms with Crippen molar-refractivity contribution < 1.29 is 10.2 Å². The third kappa shape index (κ3) is 7.78. The van der Waals surface area contributed by atoms with Gasteiger partial charge in [-0.25, -0.2) is 0 Å². The van der Waals surface area contributed by atoms with E-state index < -0.39 is 0 Å². The second-order valence-corrected chi connectivity index (χ2v) is 11.5. The second kappa shape index (κ2) is 12.0. The molecule has 8 radical (unpaired) electrons. The fourth-order valence-electron chi connectivity index (χ4n) is 2.98. The van der Waals surface area contributed by atoms with Gasteiger partial charge in [0, 0.05) is 65.2 Å². The fourth-order valence-corrected chi connectivity index (χ4v) is 5.55. The summed E-state index contributed by atoms with van der Waals surface area (Å²) in [6.45, 7) is 12.8. The smallest absolute Gasteiger partial charge is 0.126 e. The van der Waals surface area contributed by atoms with Gasteiger partial charge in [0.15, 0.2) is 0 Å². The number of hydrogen-bond donors (Lipinski definition) is 2. The molecule has 0 saturated heterocycles. The number of benzene rings is 2. The molecule has 2 aromatic carbocycles. The van der Waals surface area contributed by atoms with Crippen LogP contribution in [0.15, 0.2) is 36.4 Å². The molecule has 0 saturated carbocycles. The molecule has 2 N–H and O–H groups in total. The van der Waals surface area contributed by atoms with E-state index in [1.165, 1.54) is 0 Å². The first-order valence-corrected chi connectivity index (χ1v) is 11.6. The number of phenols is 2. The molecule has 2 aromatic rings. The molecule has 0 spiro atoms. The Morgan fingerprint density at radius 3 is 1.25 bits per heavy atom. The van der Waals surface area contributed by atoms with Crippen molar-refractivity contribution in [1.29, 1.82) is 0 Å². The van der Waals surface area contributed by atoms with Crippen LogP contribution in [-0.2, 0) is 10.8 Å². The predicted octanol–water partition coefficient (Wildman–Crippen LogP) is 4.24. The van der Waals surface area contributed by atoms with E-state index in [2.05, 4.69) is 41.5 Å². The van der Waals surface area contributed by atoms with Gasteiger partial charge in [-0.05, 0) is 34.3 Å². The standard InChI is InChI=1S/C22H32O2P2.2Pb/c1-21(2,3)15-9-7-11-17(19(15)23)25-13-14-26-18-12-8-10-16(20(18)24)22(4,5)6;;/h7-12,23-26H,13-14H2,1-6H3;;. The molecular weight excluding hydrogens is 773 g/mol. The van der Waals surface area contributed by atoms with Crippen LogP contribution in [0.4, 0.5) is 0 Å². The van der Waals surface area contributed by atoms with Gasteiger partial charge in [0.05, 0.1) is 0 Å². The summed E-state index contributed by atoms with van der Waals surface area (Å²) in [7, 11) is 1.18. The summed E-state index contributed by atoms with van der Waals surface area (Å²) in [6.07, 6.45) is 2.05. The van der Waals surface area contributed by atoms with Crippen LogP contribution in [0, 0.1) is 0 Å². The summed E-state index contributed by atoms with van der Waals surface area (Å²) >= 11 is 0. The van der Waals surface area contributed by atoms with Crippen molar-refractivity contribution in [1.82, 2.24) is 0 Å². The summed E-state index contributed by atoms with van der Waals surface area (Å²) < 4.78 is 0. The third-order valence-corrected chi connectivity index (χ3v) is 7.51. The first kappa shape index (κ1) is 28.7. The maximum Gasteiger partial charge on any atom is 0.126 e. The molecule has 6 heteroatoms. The SMILES string of the molecule is CC(C)(C)c1cccc(PCCPc2cccc(C(C)(C)C)c2O)c1O.[Pb].[Pb]. The predicted molar refractivity (Wildman–Crippen MR) is 131 cm³/mol. The van der Waals surface area contributed by atoms with E-state index in [9.17, 15) is 10.2 Å². The Bertz CT molecular complexity index is 701. The molecule has 2 rings (SSSR count). The molecule has 0 aromatic heterocycles. The Kier molecular flexibility index (Phi) is 12.3. The number of rotatable bonds is 5. The third-order valence-electron chi connectivity index (χ3n) is 4.44. The van der Waals surface area contributed by atoms with Crippen molar-refractivity contribution in [3.63, 3.8) is 0 Å². The van der Waals surface area contributed by atoms with E-state index in [-0.39, 0.29) is 65.4 Å². The van der Waals surface area contributed by atoms with Crippen molar-refractivity contribution >= 4 is 82.4 Å². The molecule has 0 aliphatic carbocycles. The maximum absolute atomic E-state index is 10.6. The number of aromatic hydroxyl groups is 2. The van der Waals surface area contributed by atoms with Crippen LogP contribution < -0.4 is 10.6 Å². The fraction of sp³-hybridized carbons (Fsp3) is 0.455. The molecule has 2 unspecified atom stereocenters. The average Bonchev–Trinajstić information content (AvgIpc) is 2.52. The topological polar surface area (TPSA) is 40.5 Å². The van der Waals surface area contributed by atoms with Crippen LogP contribution in [0.2, 0.25) is 0 Å². The monoisotopic (exact) mass is 806 g/mol. The molecule has 0 fully saturated rings. The van der Waals surface area contributed by atoms with Crippen molar-refractivity contribution in [2.45, 2.75) is 52.4 Å². The Balaban J connectivity index is 0.00000364. The maximum atomic E-state index is 10.6. The van der Waals surface area contributed by atoms with Gasteiger partial charge in [0.1, 0.15) is 11.5 Å². The summed E-state index contributed by atoms with van der Waals surface area (Å²) in [6, 6.07) is 12.2. The van der Waals surface area contributed by atoms with Gasteiger partial charge >= 0.3 is 0 Å². The van der Waals surface area contributed by atoms with E-state index in [1.54, 1.807) is 0 Å². The molecular formula is C22H32O2P2Pb2.